The van der Waals surface area contributed by atoms with E-state index in [9.17, 15) is 4.79 Å². The largest absolute Gasteiger partial charge is 0.483 e. The Morgan fingerprint density at radius 1 is 1.25 bits per heavy atom. The molecule has 1 heterocycles. The first kappa shape index (κ1) is 16.9. The number of nitrogens with one attached hydrogen (secondary N) is 1. The summed E-state index contributed by atoms with van der Waals surface area (Å²) in [5.74, 6) is 0.656. The molecule has 0 bridgehead atoms. The van der Waals surface area contributed by atoms with Gasteiger partial charge in [-0.2, -0.15) is 0 Å². The highest BCUT2D eigenvalue weighted by Crippen LogP contribution is 2.33. The number of rotatable bonds is 5. The van der Waals surface area contributed by atoms with Crippen LogP contribution in [0, 0.1) is 0 Å². The predicted octanol–water partition coefficient (Wildman–Crippen LogP) is 4.59. The summed E-state index contributed by atoms with van der Waals surface area (Å²) < 4.78 is 6.47. The molecule has 1 aromatic heterocycles. The van der Waals surface area contributed by atoms with E-state index in [4.69, 9.17) is 4.74 Å². The maximum Gasteiger partial charge on any atom is 0.264 e. The zero-order chi connectivity index (χ0) is 17.1. The number of carbonyl (C=O) groups is 1. The molecule has 0 saturated heterocycles. The van der Waals surface area contributed by atoms with Gasteiger partial charge in [0.25, 0.3) is 5.91 Å². The van der Waals surface area contributed by atoms with Crippen molar-refractivity contribution in [1.29, 1.82) is 0 Å². The minimum atomic E-state index is -0.262. The van der Waals surface area contributed by atoms with Crippen molar-refractivity contribution in [3.8, 4) is 5.75 Å². The first-order chi connectivity index (χ1) is 11.5. The Bertz CT molecular complexity index is 879. The number of hydrogen-bond donors (Lipinski definition) is 1. The third kappa shape index (κ3) is 3.73. The maximum absolute atomic E-state index is 12.0. The molecular weight excluding hydrogens is 390 g/mol. The standard InChI is InChI=1S/C17H16BrN3O2S/c1-10(2)16-20-21-17(24-16)19-14(22)9-23-13-8-7-11-5-3-4-6-12(11)15(13)18/h3-8,10H,9H2,1-2H3,(H,19,21,22). The van der Waals surface area contributed by atoms with Gasteiger partial charge in [0, 0.05) is 5.92 Å². The highest BCUT2D eigenvalue weighted by Gasteiger charge is 2.12. The van der Waals surface area contributed by atoms with E-state index < -0.39 is 0 Å². The van der Waals surface area contributed by atoms with Gasteiger partial charge in [-0.3, -0.25) is 10.1 Å². The van der Waals surface area contributed by atoms with Gasteiger partial charge in [-0.05, 0) is 32.8 Å². The van der Waals surface area contributed by atoms with Crippen molar-refractivity contribution in [2.75, 3.05) is 11.9 Å². The molecular formula is C17H16BrN3O2S. The molecule has 3 aromatic rings. The maximum atomic E-state index is 12.0. The molecule has 124 valence electrons. The molecule has 0 saturated carbocycles. The van der Waals surface area contributed by atoms with Crippen molar-refractivity contribution in [2.24, 2.45) is 0 Å². The van der Waals surface area contributed by atoms with Crippen LogP contribution >= 0.6 is 27.3 Å². The minimum Gasteiger partial charge on any atom is -0.483 e. The van der Waals surface area contributed by atoms with Gasteiger partial charge in [0.1, 0.15) is 10.8 Å². The van der Waals surface area contributed by atoms with Crippen molar-refractivity contribution in [3.63, 3.8) is 0 Å². The SMILES string of the molecule is CC(C)c1nnc(NC(=O)COc2ccc3ccccc3c2Br)s1. The first-order valence-electron chi connectivity index (χ1n) is 7.48. The number of nitrogens with zero attached hydrogens (tertiary/aromatic N) is 2. The minimum absolute atomic E-state index is 0.0897. The van der Waals surface area contributed by atoms with Gasteiger partial charge in [0.15, 0.2) is 6.61 Å². The van der Waals surface area contributed by atoms with Crippen LogP contribution in [0.5, 0.6) is 5.75 Å². The first-order valence-corrected chi connectivity index (χ1v) is 9.09. The van der Waals surface area contributed by atoms with Crippen LogP contribution in [-0.4, -0.2) is 22.7 Å². The summed E-state index contributed by atoms with van der Waals surface area (Å²) in [4.78, 5) is 12.0. The quantitative estimate of drug-likeness (QED) is 0.673. The van der Waals surface area contributed by atoms with Crippen LogP contribution in [0.1, 0.15) is 24.8 Å². The molecule has 0 atom stereocenters. The number of ether oxygens (including phenoxy) is 1. The lowest BCUT2D eigenvalue weighted by atomic mass is 10.1. The summed E-state index contributed by atoms with van der Waals surface area (Å²) in [5.41, 5.74) is 0. The number of anilines is 1. The third-order valence-electron chi connectivity index (χ3n) is 3.37. The molecule has 0 aliphatic rings. The number of benzene rings is 2. The number of hydrogen-bond acceptors (Lipinski definition) is 5. The van der Waals surface area contributed by atoms with Gasteiger partial charge in [-0.15, -0.1) is 10.2 Å². The number of aromatic nitrogens is 2. The number of amides is 1. The van der Waals surface area contributed by atoms with E-state index in [0.29, 0.717) is 10.9 Å². The second kappa shape index (κ2) is 7.27. The molecule has 1 N–H and O–H groups in total. The Labute approximate surface area is 152 Å². The fourth-order valence-corrected chi connectivity index (χ4v) is 3.51. The zero-order valence-electron chi connectivity index (χ0n) is 13.2. The van der Waals surface area contributed by atoms with Crippen LogP contribution in [0.4, 0.5) is 5.13 Å². The molecule has 24 heavy (non-hydrogen) atoms. The summed E-state index contributed by atoms with van der Waals surface area (Å²) in [7, 11) is 0. The van der Waals surface area contributed by atoms with Gasteiger partial charge in [-0.1, -0.05) is 55.5 Å². The van der Waals surface area contributed by atoms with E-state index >= 15 is 0 Å². The van der Waals surface area contributed by atoms with Crippen molar-refractivity contribution < 1.29 is 9.53 Å². The van der Waals surface area contributed by atoms with E-state index in [1.807, 2.05) is 50.2 Å². The highest BCUT2D eigenvalue weighted by molar-refractivity contribution is 9.10. The summed E-state index contributed by atoms with van der Waals surface area (Å²) >= 11 is 4.92. The van der Waals surface area contributed by atoms with Crippen molar-refractivity contribution in [3.05, 3.63) is 45.9 Å². The van der Waals surface area contributed by atoms with E-state index in [1.165, 1.54) is 11.3 Å². The second-order valence-corrected chi connectivity index (χ2v) is 7.34. The number of fused-ring (bicyclic) bond motifs is 1. The van der Waals surface area contributed by atoms with Crippen LogP contribution < -0.4 is 10.1 Å². The lowest BCUT2D eigenvalue weighted by Crippen LogP contribution is -2.20. The normalized spacial score (nSPS) is 11.0. The Morgan fingerprint density at radius 2 is 2.04 bits per heavy atom. The van der Waals surface area contributed by atoms with E-state index in [1.54, 1.807) is 0 Å². The van der Waals surface area contributed by atoms with Crippen molar-refractivity contribution in [1.82, 2.24) is 10.2 Å². The molecule has 0 radical (unpaired) electrons. The average molecular weight is 406 g/mol. The average Bonchev–Trinajstić information content (AvgIpc) is 3.03. The summed E-state index contributed by atoms with van der Waals surface area (Å²) in [5, 5.41) is 14.2. The summed E-state index contributed by atoms with van der Waals surface area (Å²) in [6.45, 7) is 3.98. The van der Waals surface area contributed by atoms with Gasteiger partial charge in [-0.25, -0.2) is 0 Å². The molecule has 5 nitrogen and oxygen atoms in total. The van der Waals surface area contributed by atoms with E-state index in [0.717, 1.165) is 20.3 Å². The van der Waals surface area contributed by atoms with Crippen LogP contribution in [0.25, 0.3) is 10.8 Å². The molecule has 0 spiro atoms. The lowest BCUT2D eigenvalue weighted by molar-refractivity contribution is -0.118. The molecule has 0 unspecified atom stereocenters. The van der Waals surface area contributed by atoms with Crippen LogP contribution in [0.3, 0.4) is 0 Å². The molecule has 0 aliphatic carbocycles. The van der Waals surface area contributed by atoms with Gasteiger partial charge in [0.2, 0.25) is 5.13 Å². The second-order valence-electron chi connectivity index (χ2n) is 5.54. The number of carbonyl (C=O) groups excluding carboxylic acids is 1. The van der Waals surface area contributed by atoms with E-state index in [-0.39, 0.29) is 18.4 Å². The monoisotopic (exact) mass is 405 g/mol. The third-order valence-corrected chi connectivity index (χ3v) is 5.32. The van der Waals surface area contributed by atoms with Crippen LogP contribution in [0.15, 0.2) is 40.9 Å². The molecule has 2 aromatic carbocycles. The molecule has 0 fully saturated rings. The lowest BCUT2D eigenvalue weighted by Gasteiger charge is -2.09. The Morgan fingerprint density at radius 3 is 2.79 bits per heavy atom. The fraction of sp³-hybridized carbons (Fsp3) is 0.235. The molecule has 1 amide bonds. The van der Waals surface area contributed by atoms with Crippen LogP contribution in [0.2, 0.25) is 0 Å². The van der Waals surface area contributed by atoms with Crippen molar-refractivity contribution in [2.45, 2.75) is 19.8 Å². The Hall–Kier alpha value is -1.99. The Balaban J connectivity index is 1.64. The van der Waals surface area contributed by atoms with Gasteiger partial charge < -0.3 is 4.74 Å². The molecule has 3 rings (SSSR count). The smallest absolute Gasteiger partial charge is 0.264 e. The predicted molar refractivity (Wildman–Crippen MR) is 99.8 cm³/mol. The highest BCUT2D eigenvalue weighted by atomic mass is 79.9. The topological polar surface area (TPSA) is 64.1 Å². The summed E-state index contributed by atoms with van der Waals surface area (Å²) in [6, 6.07) is 11.8. The Kier molecular flexibility index (Phi) is 5.11. The fourth-order valence-electron chi connectivity index (χ4n) is 2.14. The van der Waals surface area contributed by atoms with Gasteiger partial charge >= 0.3 is 0 Å². The molecule has 7 heteroatoms. The zero-order valence-corrected chi connectivity index (χ0v) is 15.6. The number of halogens is 1. The molecule has 0 aliphatic heterocycles. The van der Waals surface area contributed by atoms with Crippen molar-refractivity contribution >= 4 is 49.1 Å². The van der Waals surface area contributed by atoms with Gasteiger partial charge in [0.05, 0.1) is 4.47 Å². The summed E-state index contributed by atoms with van der Waals surface area (Å²) in [6.07, 6.45) is 0. The van der Waals surface area contributed by atoms with E-state index in [2.05, 4.69) is 31.4 Å². The van der Waals surface area contributed by atoms with Crippen LogP contribution in [-0.2, 0) is 4.79 Å².